The summed E-state index contributed by atoms with van der Waals surface area (Å²) >= 11 is 0. The Bertz CT molecular complexity index is 1010. The summed E-state index contributed by atoms with van der Waals surface area (Å²) in [5, 5.41) is 10.6. The molecule has 0 radical (unpaired) electrons. The molecule has 0 saturated carbocycles. The zero-order valence-corrected chi connectivity index (χ0v) is 15.2. The van der Waals surface area contributed by atoms with Crippen LogP contribution in [0.2, 0.25) is 0 Å². The van der Waals surface area contributed by atoms with Gasteiger partial charge < -0.3 is 9.52 Å². The van der Waals surface area contributed by atoms with Gasteiger partial charge in [0.05, 0.1) is 5.56 Å². The third-order valence-corrected chi connectivity index (χ3v) is 4.83. The molecule has 0 fully saturated rings. The average Bonchev–Trinajstić information content (AvgIpc) is 2.61. The Hall–Kier alpha value is -2.88. The molecule has 3 rings (SSSR count). The van der Waals surface area contributed by atoms with E-state index in [0.717, 1.165) is 17.5 Å². The number of benzene rings is 2. The molecule has 3 aromatic rings. The van der Waals surface area contributed by atoms with E-state index in [-0.39, 0.29) is 28.3 Å². The van der Waals surface area contributed by atoms with Crippen LogP contribution in [0.5, 0.6) is 5.75 Å². The summed E-state index contributed by atoms with van der Waals surface area (Å²) in [5.74, 6) is -0.194. The van der Waals surface area contributed by atoms with Crippen LogP contribution >= 0.6 is 0 Å². The highest BCUT2D eigenvalue weighted by molar-refractivity contribution is 5.87. The van der Waals surface area contributed by atoms with E-state index >= 15 is 0 Å². The van der Waals surface area contributed by atoms with Crippen LogP contribution in [0, 0.1) is 5.92 Å². The van der Waals surface area contributed by atoms with Crippen molar-refractivity contribution in [1.82, 2.24) is 0 Å². The third kappa shape index (κ3) is 3.40. The first kappa shape index (κ1) is 17.9. The van der Waals surface area contributed by atoms with E-state index in [2.05, 4.69) is 6.92 Å². The molecule has 2 aromatic carbocycles. The molecule has 0 saturated heterocycles. The van der Waals surface area contributed by atoms with Crippen molar-refractivity contribution >= 4 is 16.8 Å². The van der Waals surface area contributed by atoms with Crippen LogP contribution < -0.4 is 5.43 Å². The van der Waals surface area contributed by atoms with Crippen molar-refractivity contribution < 1.29 is 14.3 Å². The maximum Gasteiger partial charge on any atom is 0.204 e. The van der Waals surface area contributed by atoms with Crippen molar-refractivity contribution in [1.29, 1.82) is 0 Å². The fourth-order valence-corrected chi connectivity index (χ4v) is 3.02. The van der Waals surface area contributed by atoms with Gasteiger partial charge in [-0.2, -0.15) is 0 Å². The molecule has 4 nitrogen and oxygen atoms in total. The second-order valence-corrected chi connectivity index (χ2v) is 6.73. The van der Waals surface area contributed by atoms with Gasteiger partial charge in [0.1, 0.15) is 28.8 Å². The number of phenolic OH excluding ortho intramolecular Hbond substituents is 1. The minimum absolute atomic E-state index is 0.0805. The highest BCUT2D eigenvalue weighted by atomic mass is 16.3. The molecular weight excluding hydrogens is 328 g/mol. The molecule has 1 heterocycles. The Balaban J connectivity index is 2.07. The van der Waals surface area contributed by atoms with Crippen LogP contribution in [0.25, 0.3) is 22.1 Å². The monoisotopic (exact) mass is 350 g/mol. The van der Waals surface area contributed by atoms with Crippen molar-refractivity contribution in [2.45, 2.75) is 33.6 Å². The maximum atomic E-state index is 12.9. The highest BCUT2D eigenvalue weighted by Crippen LogP contribution is 2.28. The van der Waals surface area contributed by atoms with Crippen LogP contribution in [0.3, 0.4) is 0 Å². The largest absolute Gasteiger partial charge is 0.507 e. The molecule has 0 aliphatic carbocycles. The average molecular weight is 350 g/mol. The number of hydrogen-bond acceptors (Lipinski definition) is 4. The molecule has 0 amide bonds. The van der Waals surface area contributed by atoms with Gasteiger partial charge in [-0.15, -0.1) is 0 Å². The van der Waals surface area contributed by atoms with Crippen LogP contribution in [0.1, 0.15) is 31.9 Å². The summed E-state index contributed by atoms with van der Waals surface area (Å²) < 4.78 is 5.65. The van der Waals surface area contributed by atoms with Crippen LogP contribution in [-0.2, 0) is 17.6 Å². The lowest BCUT2D eigenvalue weighted by atomic mass is 9.96. The second kappa shape index (κ2) is 7.16. The minimum Gasteiger partial charge on any atom is -0.507 e. The van der Waals surface area contributed by atoms with Crippen LogP contribution in [0.4, 0.5) is 0 Å². The first-order chi connectivity index (χ1) is 12.4. The fraction of sp³-hybridized carbons (Fsp3) is 0.273. The number of aromatic hydroxyl groups is 1. The number of fused-ring (bicyclic) bond motifs is 1. The Kier molecular flexibility index (Phi) is 4.94. The molecule has 1 N–H and O–H groups in total. The second-order valence-electron chi connectivity index (χ2n) is 6.73. The third-order valence-electron chi connectivity index (χ3n) is 4.83. The molecule has 4 heteroatoms. The van der Waals surface area contributed by atoms with E-state index in [4.69, 9.17) is 4.42 Å². The molecule has 1 unspecified atom stereocenters. The summed E-state index contributed by atoms with van der Waals surface area (Å²) in [6.07, 6.45) is 2.85. The molecule has 1 atom stereocenters. The van der Waals surface area contributed by atoms with Crippen LogP contribution in [0.15, 0.2) is 51.9 Å². The van der Waals surface area contributed by atoms with Crippen molar-refractivity contribution in [2.24, 2.45) is 5.92 Å². The van der Waals surface area contributed by atoms with E-state index in [1.54, 1.807) is 19.1 Å². The maximum absolute atomic E-state index is 12.9. The molecule has 0 bridgehead atoms. The molecule has 0 aliphatic rings. The van der Waals surface area contributed by atoms with E-state index in [0.29, 0.717) is 17.6 Å². The van der Waals surface area contributed by atoms with Gasteiger partial charge in [0.25, 0.3) is 0 Å². The normalized spacial score (nSPS) is 12.3. The van der Waals surface area contributed by atoms with E-state index in [1.807, 2.05) is 31.2 Å². The zero-order valence-electron chi connectivity index (χ0n) is 15.2. The number of ketones is 1. The van der Waals surface area contributed by atoms with Gasteiger partial charge >= 0.3 is 0 Å². The number of Topliss-reactive ketones (excluding diaryl/α,β-unsaturated/α-hetero) is 1. The van der Waals surface area contributed by atoms with Crippen molar-refractivity contribution in [3.05, 3.63) is 64.0 Å². The minimum atomic E-state index is -0.265. The van der Waals surface area contributed by atoms with Gasteiger partial charge in [0.15, 0.2) is 0 Å². The summed E-state index contributed by atoms with van der Waals surface area (Å²) in [7, 11) is 0. The number of aryl methyl sites for hydroxylation is 1. The predicted octanol–water partition coefficient (Wildman–Crippen LogP) is 4.50. The number of hydrogen-bond donors (Lipinski definition) is 1. The molecule has 1 aromatic heterocycles. The van der Waals surface area contributed by atoms with E-state index in [9.17, 15) is 14.7 Å². The highest BCUT2D eigenvalue weighted by Gasteiger charge is 2.16. The van der Waals surface area contributed by atoms with Crippen molar-refractivity contribution in [2.75, 3.05) is 0 Å². The van der Waals surface area contributed by atoms with Gasteiger partial charge in [-0.05, 0) is 48.6 Å². The Morgan fingerprint density at radius 2 is 1.85 bits per heavy atom. The van der Waals surface area contributed by atoms with E-state index in [1.165, 1.54) is 11.8 Å². The lowest BCUT2D eigenvalue weighted by Gasteiger charge is -2.10. The topological polar surface area (TPSA) is 67.5 Å². The van der Waals surface area contributed by atoms with Gasteiger partial charge in [-0.3, -0.25) is 9.59 Å². The first-order valence-corrected chi connectivity index (χ1v) is 8.77. The first-order valence-electron chi connectivity index (χ1n) is 8.77. The van der Waals surface area contributed by atoms with Gasteiger partial charge in [-0.1, -0.05) is 38.1 Å². The number of phenols is 1. The van der Waals surface area contributed by atoms with Gasteiger partial charge in [-0.25, -0.2) is 0 Å². The summed E-state index contributed by atoms with van der Waals surface area (Å²) in [5.41, 5.74) is 3.19. The smallest absolute Gasteiger partial charge is 0.204 e. The molecule has 0 spiro atoms. The summed E-state index contributed by atoms with van der Waals surface area (Å²) in [6.45, 7) is 5.45. The molecule has 26 heavy (non-hydrogen) atoms. The predicted molar refractivity (Wildman–Crippen MR) is 103 cm³/mol. The van der Waals surface area contributed by atoms with Gasteiger partial charge in [0, 0.05) is 5.92 Å². The Morgan fingerprint density at radius 1 is 1.15 bits per heavy atom. The summed E-state index contributed by atoms with van der Waals surface area (Å²) in [6, 6.07) is 11.0. The van der Waals surface area contributed by atoms with Crippen molar-refractivity contribution in [3.63, 3.8) is 0 Å². The van der Waals surface area contributed by atoms with Crippen molar-refractivity contribution in [3.8, 4) is 16.9 Å². The number of carbonyl (C=O) groups is 1. The lowest BCUT2D eigenvalue weighted by molar-refractivity contribution is -0.120. The quantitative estimate of drug-likeness (QED) is 0.736. The number of carbonyl (C=O) groups excluding carboxylic acids is 1. The Labute approximate surface area is 152 Å². The lowest BCUT2D eigenvalue weighted by Crippen LogP contribution is -2.10. The summed E-state index contributed by atoms with van der Waals surface area (Å²) in [4.78, 5) is 24.3. The zero-order chi connectivity index (χ0) is 18.8. The SMILES string of the molecule is CCc1ccc(-c2coc3cc(CC(C)C(C)=O)cc(O)c3c2=O)cc1. The molecule has 134 valence electrons. The molecule has 0 aliphatic heterocycles. The Morgan fingerprint density at radius 3 is 2.46 bits per heavy atom. The number of rotatable bonds is 5. The van der Waals surface area contributed by atoms with Gasteiger partial charge in [0.2, 0.25) is 5.43 Å². The molecular formula is C22H22O4. The fourth-order valence-electron chi connectivity index (χ4n) is 3.02. The van der Waals surface area contributed by atoms with Crippen LogP contribution in [-0.4, -0.2) is 10.9 Å². The standard InChI is InChI=1S/C22H22O4/c1-4-15-5-7-17(8-6-15)18-12-26-20-11-16(9-13(2)14(3)23)10-19(24)21(20)22(18)25/h5-8,10-13,24H,4,9H2,1-3H3. The van der Waals surface area contributed by atoms with E-state index < -0.39 is 0 Å².